The first-order valence-corrected chi connectivity index (χ1v) is 5.64. The molecule has 1 aromatic heterocycles. The number of non-ortho nitro benzene ring substituents is 1. The first-order chi connectivity index (χ1) is 9.56. The largest absolute Gasteiger partial charge is 0.366 e. The Morgan fingerprint density at radius 3 is 2.40 bits per heavy atom. The van der Waals surface area contributed by atoms with Gasteiger partial charge in [0, 0.05) is 24.7 Å². The summed E-state index contributed by atoms with van der Waals surface area (Å²) < 4.78 is 0. The third kappa shape index (κ3) is 3.25. The van der Waals surface area contributed by atoms with Crippen LogP contribution < -0.4 is 5.32 Å². The lowest BCUT2D eigenvalue weighted by Crippen LogP contribution is -2.02. The Labute approximate surface area is 113 Å². The maximum Gasteiger partial charge on any atom is 0.287 e. The number of benzene rings is 1. The summed E-state index contributed by atoms with van der Waals surface area (Å²) in [6.45, 7) is 0.340. The fourth-order valence-electron chi connectivity index (χ4n) is 1.57. The molecule has 0 fully saturated rings. The number of aromatic nitrogens is 1. The summed E-state index contributed by atoms with van der Waals surface area (Å²) in [5.74, 6) is 0.460. The number of anilines is 1. The lowest BCUT2D eigenvalue weighted by molar-refractivity contribution is -0.385. The molecule has 0 saturated heterocycles. The molecule has 0 amide bonds. The van der Waals surface area contributed by atoms with Crippen LogP contribution in [0.25, 0.3) is 0 Å². The van der Waals surface area contributed by atoms with E-state index < -0.39 is 9.85 Å². The molecule has 0 spiro atoms. The monoisotopic (exact) mass is 274 g/mol. The van der Waals surface area contributed by atoms with Gasteiger partial charge in [0.25, 0.3) is 11.4 Å². The van der Waals surface area contributed by atoms with Crippen LogP contribution in [0.4, 0.5) is 17.2 Å². The number of pyridine rings is 1. The predicted molar refractivity (Wildman–Crippen MR) is 71.3 cm³/mol. The second-order valence-electron chi connectivity index (χ2n) is 3.94. The highest BCUT2D eigenvalue weighted by atomic mass is 16.6. The Morgan fingerprint density at radius 1 is 1.05 bits per heavy atom. The van der Waals surface area contributed by atoms with Gasteiger partial charge in [0.1, 0.15) is 12.0 Å². The molecular formula is C12H10N4O4. The van der Waals surface area contributed by atoms with E-state index in [0.717, 1.165) is 11.8 Å². The van der Waals surface area contributed by atoms with Crippen LogP contribution in [0.3, 0.4) is 0 Å². The molecule has 0 unspecified atom stereocenters. The van der Waals surface area contributed by atoms with Gasteiger partial charge in [-0.05, 0) is 11.6 Å². The SMILES string of the molecule is O=[N+]([O-])c1ccc(NCc2cccc([N+](=O)[O-])c2)nc1. The maximum atomic E-state index is 10.6. The van der Waals surface area contributed by atoms with Gasteiger partial charge in [-0.25, -0.2) is 4.98 Å². The zero-order valence-electron chi connectivity index (χ0n) is 10.2. The summed E-state index contributed by atoms with van der Waals surface area (Å²) in [7, 11) is 0. The summed E-state index contributed by atoms with van der Waals surface area (Å²) in [4.78, 5) is 24.0. The molecule has 20 heavy (non-hydrogen) atoms. The summed E-state index contributed by atoms with van der Waals surface area (Å²) in [6, 6.07) is 9.02. The summed E-state index contributed by atoms with van der Waals surface area (Å²) in [6.07, 6.45) is 1.15. The number of rotatable bonds is 5. The summed E-state index contributed by atoms with van der Waals surface area (Å²) in [5, 5.41) is 24.0. The van der Waals surface area contributed by atoms with Crippen LogP contribution >= 0.6 is 0 Å². The number of nitrogens with one attached hydrogen (secondary N) is 1. The van der Waals surface area contributed by atoms with Crippen molar-refractivity contribution >= 4 is 17.2 Å². The van der Waals surface area contributed by atoms with Crippen molar-refractivity contribution in [1.82, 2.24) is 4.98 Å². The number of hydrogen-bond acceptors (Lipinski definition) is 6. The minimum Gasteiger partial charge on any atom is -0.366 e. The third-order valence-electron chi connectivity index (χ3n) is 2.55. The van der Waals surface area contributed by atoms with Crippen molar-refractivity contribution in [1.29, 1.82) is 0 Å². The van der Waals surface area contributed by atoms with E-state index in [-0.39, 0.29) is 11.4 Å². The lowest BCUT2D eigenvalue weighted by atomic mass is 10.2. The van der Waals surface area contributed by atoms with Crippen molar-refractivity contribution in [3.05, 3.63) is 68.4 Å². The van der Waals surface area contributed by atoms with E-state index in [1.54, 1.807) is 12.1 Å². The second kappa shape index (κ2) is 5.74. The molecule has 1 heterocycles. The first kappa shape index (κ1) is 13.4. The Balaban J connectivity index is 2.03. The summed E-state index contributed by atoms with van der Waals surface area (Å²) >= 11 is 0. The van der Waals surface area contributed by atoms with Gasteiger partial charge in [0.2, 0.25) is 0 Å². The van der Waals surface area contributed by atoms with Crippen LogP contribution in [0, 0.1) is 20.2 Å². The molecule has 0 aliphatic heterocycles. The first-order valence-electron chi connectivity index (χ1n) is 5.64. The molecule has 8 heteroatoms. The van der Waals surface area contributed by atoms with E-state index in [1.165, 1.54) is 24.3 Å². The van der Waals surface area contributed by atoms with Crippen LogP contribution in [-0.2, 0) is 6.54 Å². The molecule has 0 saturated carbocycles. The fraction of sp³-hybridized carbons (Fsp3) is 0.0833. The smallest absolute Gasteiger partial charge is 0.287 e. The number of nitro benzene ring substituents is 1. The average Bonchev–Trinajstić information content (AvgIpc) is 2.46. The molecule has 8 nitrogen and oxygen atoms in total. The highest BCUT2D eigenvalue weighted by molar-refractivity contribution is 5.42. The molecule has 1 aromatic carbocycles. The Kier molecular flexibility index (Phi) is 3.85. The van der Waals surface area contributed by atoms with Crippen molar-refractivity contribution in [2.45, 2.75) is 6.54 Å². The van der Waals surface area contributed by atoms with Crippen molar-refractivity contribution < 1.29 is 9.85 Å². The van der Waals surface area contributed by atoms with E-state index in [2.05, 4.69) is 10.3 Å². The number of nitro groups is 2. The molecule has 0 aliphatic carbocycles. The van der Waals surface area contributed by atoms with Gasteiger partial charge < -0.3 is 5.32 Å². The van der Waals surface area contributed by atoms with Gasteiger partial charge in [-0.1, -0.05) is 12.1 Å². The van der Waals surface area contributed by atoms with Gasteiger partial charge in [-0.2, -0.15) is 0 Å². The molecule has 2 rings (SSSR count). The Bertz CT molecular complexity index is 642. The maximum absolute atomic E-state index is 10.6. The fourth-order valence-corrected chi connectivity index (χ4v) is 1.57. The van der Waals surface area contributed by atoms with Gasteiger partial charge in [0.15, 0.2) is 0 Å². The van der Waals surface area contributed by atoms with Crippen LogP contribution in [-0.4, -0.2) is 14.8 Å². The van der Waals surface area contributed by atoms with E-state index >= 15 is 0 Å². The predicted octanol–water partition coefficient (Wildman–Crippen LogP) is 2.51. The van der Waals surface area contributed by atoms with Crippen molar-refractivity contribution in [2.24, 2.45) is 0 Å². The zero-order valence-corrected chi connectivity index (χ0v) is 10.2. The highest BCUT2D eigenvalue weighted by Crippen LogP contribution is 2.15. The lowest BCUT2D eigenvalue weighted by Gasteiger charge is -2.05. The van der Waals surface area contributed by atoms with Crippen LogP contribution in [0.15, 0.2) is 42.6 Å². The highest BCUT2D eigenvalue weighted by Gasteiger charge is 2.07. The number of nitrogens with zero attached hydrogens (tertiary/aromatic N) is 3. The standard InChI is InChI=1S/C12H10N4O4/c17-15(18)10-3-1-2-9(6-10)7-13-12-5-4-11(8-14-12)16(19)20/h1-6,8H,7H2,(H,13,14). The van der Waals surface area contributed by atoms with Gasteiger partial charge in [0.05, 0.1) is 9.85 Å². The van der Waals surface area contributed by atoms with Crippen LogP contribution in [0.2, 0.25) is 0 Å². The number of hydrogen-bond donors (Lipinski definition) is 1. The average molecular weight is 274 g/mol. The minimum atomic E-state index is -0.530. The van der Waals surface area contributed by atoms with Gasteiger partial charge in [-0.3, -0.25) is 20.2 Å². The molecule has 1 N–H and O–H groups in total. The van der Waals surface area contributed by atoms with Crippen molar-refractivity contribution in [2.75, 3.05) is 5.32 Å². The molecule has 0 aliphatic rings. The van der Waals surface area contributed by atoms with E-state index in [0.29, 0.717) is 12.4 Å². The van der Waals surface area contributed by atoms with Crippen molar-refractivity contribution in [3.63, 3.8) is 0 Å². The molecule has 102 valence electrons. The van der Waals surface area contributed by atoms with Crippen molar-refractivity contribution in [3.8, 4) is 0 Å². The topological polar surface area (TPSA) is 111 Å². The van der Waals surface area contributed by atoms with Crippen LogP contribution in [0.1, 0.15) is 5.56 Å². The van der Waals surface area contributed by atoms with Gasteiger partial charge in [-0.15, -0.1) is 0 Å². The van der Waals surface area contributed by atoms with Crippen LogP contribution in [0.5, 0.6) is 0 Å². The normalized spacial score (nSPS) is 10.0. The molecule has 0 bridgehead atoms. The Morgan fingerprint density at radius 2 is 1.80 bits per heavy atom. The molecular weight excluding hydrogens is 264 g/mol. The minimum absolute atomic E-state index is 0.0148. The molecule has 0 radical (unpaired) electrons. The molecule has 0 atom stereocenters. The van der Waals surface area contributed by atoms with Gasteiger partial charge >= 0.3 is 0 Å². The zero-order chi connectivity index (χ0) is 14.5. The van der Waals surface area contributed by atoms with E-state index in [4.69, 9.17) is 0 Å². The quantitative estimate of drug-likeness (QED) is 0.662. The Hall–Kier alpha value is -3.03. The van der Waals surface area contributed by atoms with E-state index in [1.807, 2.05) is 0 Å². The molecule has 2 aromatic rings. The second-order valence-corrected chi connectivity index (χ2v) is 3.94. The third-order valence-corrected chi connectivity index (χ3v) is 2.55. The van der Waals surface area contributed by atoms with E-state index in [9.17, 15) is 20.2 Å². The summed E-state index contributed by atoms with van der Waals surface area (Å²) in [5.41, 5.74) is 0.645.